The molecule has 0 spiro atoms. The number of rotatable bonds is 4. The number of nitrogens with one attached hydrogen (secondary N) is 1. The largest absolute Gasteiger partial charge is 0.354 e. The van der Waals surface area contributed by atoms with Gasteiger partial charge in [-0.2, -0.15) is 21.9 Å². The number of nitrogens with zero attached hydrogens (tertiary/aromatic N) is 2. The van der Waals surface area contributed by atoms with E-state index in [0.717, 1.165) is 17.1 Å². The van der Waals surface area contributed by atoms with Crippen LogP contribution in [0.2, 0.25) is 0 Å². The van der Waals surface area contributed by atoms with Crippen LogP contribution in [-0.4, -0.2) is 56.9 Å². The summed E-state index contributed by atoms with van der Waals surface area (Å²) in [4.78, 5) is 21.6. The third kappa shape index (κ3) is 3.43. The summed E-state index contributed by atoms with van der Waals surface area (Å²) in [6.07, 6.45) is 0. The van der Waals surface area contributed by atoms with Crippen LogP contribution in [0.25, 0.3) is 0 Å². The first-order valence-electron chi connectivity index (χ1n) is 6.15. The summed E-state index contributed by atoms with van der Waals surface area (Å²) in [5, 5.41) is 6.69. The van der Waals surface area contributed by atoms with Gasteiger partial charge in [0.1, 0.15) is 11.4 Å². The molecule has 2 rings (SSSR count). The zero-order chi connectivity index (χ0) is 18.3. The first-order chi connectivity index (χ1) is 10.9. The fourth-order valence-electron chi connectivity index (χ4n) is 1.93. The molecule has 1 aromatic carbocycles. The number of hydrogen-bond acceptors (Lipinski definition) is 8. The van der Waals surface area contributed by atoms with E-state index in [1.54, 1.807) is 0 Å². The van der Waals surface area contributed by atoms with Gasteiger partial charge >= 0.3 is 0 Å². The molecule has 1 aromatic rings. The number of carbonyl (C=O) groups excluding carboxylic acids is 2. The van der Waals surface area contributed by atoms with Crippen molar-refractivity contribution in [3.63, 3.8) is 0 Å². The second-order valence-corrected chi connectivity index (χ2v) is 7.40. The maximum atomic E-state index is 11.8. The molecule has 0 aliphatic carbocycles. The molecule has 3 N–H and O–H groups in total. The molecule has 1 amide bonds. The van der Waals surface area contributed by atoms with Gasteiger partial charge in [-0.25, -0.2) is 0 Å². The smallest absolute Gasteiger partial charge is 0.296 e. The summed E-state index contributed by atoms with van der Waals surface area (Å²) >= 11 is 0. The second kappa shape index (κ2) is 5.94. The Hall–Kier alpha value is -2.35. The third-order valence-corrected chi connectivity index (χ3v) is 4.74. The Kier molecular flexibility index (Phi) is 4.45. The highest BCUT2D eigenvalue weighted by Crippen LogP contribution is 2.29. The molecule has 11 nitrogen and oxygen atoms in total. The van der Waals surface area contributed by atoms with Gasteiger partial charge in [-0.15, -0.1) is 0 Å². The Morgan fingerprint density at radius 3 is 2.33 bits per heavy atom. The normalized spacial score (nSPS) is 15.4. The molecule has 0 saturated carbocycles. The monoisotopic (exact) mass is 377 g/mol. The summed E-state index contributed by atoms with van der Waals surface area (Å²) < 4.78 is 63.4. The SMILES string of the molecule is CNC(=O)C1=NN(c2ccc(S(=O)(=O)O)cc2S(=O)(=O)O)CC1=O. The Labute approximate surface area is 136 Å². The lowest BCUT2D eigenvalue weighted by Gasteiger charge is -2.16. The van der Waals surface area contributed by atoms with E-state index in [0.29, 0.717) is 6.07 Å². The zero-order valence-corrected chi connectivity index (χ0v) is 13.6. The van der Waals surface area contributed by atoms with E-state index >= 15 is 0 Å². The lowest BCUT2D eigenvalue weighted by atomic mass is 10.2. The van der Waals surface area contributed by atoms with Crippen LogP contribution in [0, 0.1) is 0 Å². The van der Waals surface area contributed by atoms with Gasteiger partial charge in [-0.3, -0.25) is 23.7 Å². The number of benzene rings is 1. The average Bonchev–Trinajstić information content (AvgIpc) is 2.86. The number of hydrogen-bond donors (Lipinski definition) is 3. The fourth-order valence-corrected chi connectivity index (χ4v) is 3.22. The van der Waals surface area contributed by atoms with Gasteiger partial charge in [0.15, 0.2) is 5.71 Å². The van der Waals surface area contributed by atoms with Crippen molar-refractivity contribution in [1.82, 2.24) is 5.32 Å². The van der Waals surface area contributed by atoms with E-state index in [2.05, 4.69) is 10.4 Å². The highest BCUT2D eigenvalue weighted by Gasteiger charge is 2.32. The maximum Gasteiger partial charge on any atom is 0.296 e. The van der Waals surface area contributed by atoms with Crippen molar-refractivity contribution in [2.75, 3.05) is 18.6 Å². The van der Waals surface area contributed by atoms with Gasteiger partial charge in [-0.1, -0.05) is 0 Å². The molecular formula is C11H11N3O8S2. The van der Waals surface area contributed by atoms with E-state index in [9.17, 15) is 31.0 Å². The topological polar surface area (TPSA) is 171 Å². The average molecular weight is 377 g/mol. The lowest BCUT2D eigenvalue weighted by molar-refractivity contribution is -0.116. The molecule has 0 atom stereocenters. The Morgan fingerprint density at radius 1 is 1.21 bits per heavy atom. The Balaban J connectivity index is 2.62. The van der Waals surface area contributed by atoms with Gasteiger partial charge in [-0.05, 0) is 18.2 Å². The molecule has 0 unspecified atom stereocenters. The summed E-state index contributed by atoms with van der Waals surface area (Å²) in [5.74, 6) is -1.49. The predicted molar refractivity (Wildman–Crippen MR) is 79.9 cm³/mol. The van der Waals surface area contributed by atoms with Crippen molar-refractivity contribution in [2.24, 2.45) is 5.10 Å². The standard InChI is InChI=1S/C11H11N3O8S2/c1-12-11(16)10-8(15)5-14(13-10)7-3-2-6(23(17,18)19)4-9(7)24(20,21)22/h2-4H,5H2,1H3,(H,12,16)(H,17,18,19)(H,20,21,22). The van der Waals surface area contributed by atoms with Crippen LogP contribution < -0.4 is 10.3 Å². The van der Waals surface area contributed by atoms with Crippen molar-refractivity contribution in [1.29, 1.82) is 0 Å². The number of carbonyl (C=O) groups is 2. The first-order valence-corrected chi connectivity index (χ1v) is 9.03. The van der Waals surface area contributed by atoms with E-state index < -0.39 is 54.0 Å². The number of ketones is 1. The Morgan fingerprint density at radius 2 is 1.83 bits per heavy atom. The van der Waals surface area contributed by atoms with E-state index in [1.807, 2.05) is 0 Å². The number of amides is 1. The quantitative estimate of drug-likeness (QED) is 0.538. The lowest BCUT2D eigenvalue weighted by Crippen LogP contribution is -2.32. The fraction of sp³-hybridized carbons (Fsp3) is 0.182. The molecule has 1 aliphatic heterocycles. The first kappa shape index (κ1) is 18.0. The highest BCUT2D eigenvalue weighted by molar-refractivity contribution is 7.86. The van der Waals surface area contributed by atoms with Gasteiger partial charge in [0, 0.05) is 7.05 Å². The van der Waals surface area contributed by atoms with Crippen molar-refractivity contribution < 1.29 is 35.5 Å². The van der Waals surface area contributed by atoms with Gasteiger partial charge in [0.25, 0.3) is 26.1 Å². The minimum absolute atomic E-state index is 0.336. The van der Waals surface area contributed by atoms with Gasteiger partial charge in [0.05, 0.1) is 10.6 Å². The summed E-state index contributed by atoms with van der Waals surface area (Å²) in [6.45, 7) is -0.490. The van der Waals surface area contributed by atoms with E-state index in [1.165, 1.54) is 7.05 Å². The van der Waals surface area contributed by atoms with Crippen LogP contribution in [0.4, 0.5) is 5.69 Å². The number of Topliss-reactive ketones (excluding diaryl/α,β-unsaturated/α-hetero) is 1. The maximum absolute atomic E-state index is 11.8. The molecule has 0 bridgehead atoms. The van der Waals surface area contributed by atoms with Gasteiger partial charge < -0.3 is 5.32 Å². The predicted octanol–water partition coefficient (Wildman–Crippen LogP) is -1.33. The molecule has 1 aliphatic rings. The molecular weight excluding hydrogens is 366 g/mol. The van der Waals surface area contributed by atoms with E-state index in [-0.39, 0.29) is 5.69 Å². The van der Waals surface area contributed by atoms with Crippen LogP contribution in [0.15, 0.2) is 33.1 Å². The molecule has 1 heterocycles. The summed E-state index contributed by atoms with van der Waals surface area (Å²) in [7, 11) is -8.37. The minimum atomic E-state index is -4.91. The van der Waals surface area contributed by atoms with Crippen molar-refractivity contribution >= 4 is 43.3 Å². The number of hydrazone groups is 1. The van der Waals surface area contributed by atoms with Crippen LogP contribution >= 0.6 is 0 Å². The van der Waals surface area contributed by atoms with Crippen molar-refractivity contribution in [2.45, 2.75) is 9.79 Å². The van der Waals surface area contributed by atoms with Crippen LogP contribution in [0.5, 0.6) is 0 Å². The van der Waals surface area contributed by atoms with Crippen molar-refractivity contribution in [3.8, 4) is 0 Å². The Bertz CT molecular complexity index is 965. The number of anilines is 1. The van der Waals surface area contributed by atoms with Gasteiger partial charge in [0.2, 0.25) is 5.78 Å². The van der Waals surface area contributed by atoms with E-state index in [4.69, 9.17) is 4.55 Å². The minimum Gasteiger partial charge on any atom is -0.354 e. The summed E-state index contributed by atoms with van der Waals surface area (Å²) in [5.41, 5.74) is -0.810. The molecule has 24 heavy (non-hydrogen) atoms. The third-order valence-electron chi connectivity index (χ3n) is 3.01. The molecule has 130 valence electrons. The second-order valence-electron chi connectivity index (χ2n) is 4.59. The molecule has 0 radical (unpaired) electrons. The highest BCUT2D eigenvalue weighted by atomic mass is 32.2. The molecule has 0 fully saturated rings. The molecule has 0 saturated heterocycles. The molecule has 13 heteroatoms. The van der Waals surface area contributed by atoms with Crippen LogP contribution in [-0.2, 0) is 29.8 Å². The van der Waals surface area contributed by atoms with Crippen LogP contribution in [0.1, 0.15) is 0 Å². The molecule has 0 aromatic heterocycles. The van der Waals surface area contributed by atoms with Crippen LogP contribution in [0.3, 0.4) is 0 Å². The zero-order valence-electron chi connectivity index (χ0n) is 12.0. The summed E-state index contributed by atoms with van der Waals surface area (Å²) in [6, 6.07) is 2.30. The van der Waals surface area contributed by atoms with Crippen molar-refractivity contribution in [3.05, 3.63) is 18.2 Å².